The molecule has 0 fully saturated rings. The summed E-state index contributed by atoms with van der Waals surface area (Å²) >= 11 is 0. The van der Waals surface area contributed by atoms with Crippen LogP contribution < -0.4 is 19.5 Å². The van der Waals surface area contributed by atoms with Crippen LogP contribution in [0.4, 0.5) is 5.69 Å². The number of hydrogen-bond donors (Lipinski definition) is 1. The fraction of sp³-hybridized carbons (Fsp3) is 0.160. The number of benzene rings is 2. The van der Waals surface area contributed by atoms with E-state index >= 15 is 0 Å². The number of aryl methyl sites for hydroxylation is 2. The summed E-state index contributed by atoms with van der Waals surface area (Å²) in [6.07, 6.45) is 1.54. The second kappa shape index (κ2) is 8.93. The number of amides is 1. The maximum absolute atomic E-state index is 12.8. The summed E-state index contributed by atoms with van der Waals surface area (Å²) in [4.78, 5) is 21.7. The van der Waals surface area contributed by atoms with E-state index in [-0.39, 0.29) is 5.91 Å². The molecule has 7 nitrogen and oxygen atoms in total. The first kappa shape index (κ1) is 21.1. The van der Waals surface area contributed by atoms with Crippen LogP contribution in [0.1, 0.15) is 21.6 Å². The second-order valence-corrected chi connectivity index (χ2v) is 7.28. The Morgan fingerprint density at radius 2 is 1.75 bits per heavy atom. The fourth-order valence-corrected chi connectivity index (χ4v) is 3.28. The number of aromatic nitrogens is 2. The normalized spacial score (nSPS) is 10.6. The highest BCUT2D eigenvalue weighted by atomic mass is 16.5. The molecular formula is C25H23N3O4. The summed E-state index contributed by atoms with van der Waals surface area (Å²) in [5, 5.41) is 3.72. The lowest BCUT2D eigenvalue weighted by molar-refractivity contribution is 0.102. The van der Waals surface area contributed by atoms with E-state index in [1.165, 1.54) is 0 Å². The van der Waals surface area contributed by atoms with Gasteiger partial charge >= 0.3 is 0 Å². The van der Waals surface area contributed by atoms with Crippen molar-refractivity contribution >= 4 is 22.5 Å². The fourth-order valence-electron chi connectivity index (χ4n) is 3.28. The molecule has 1 amide bonds. The minimum atomic E-state index is -0.261. The van der Waals surface area contributed by atoms with Crippen molar-refractivity contribution in [2.45, 2.75) is 13.8 Å². The number of hydrogen-bond acceptors (Lipinski definition) is 6. The number of pyridine rings is 2. The maximum Gasteiger partial charge on any atom is 0.257 e. The lowest BCUT2D eigenvalue weighted by atomic mass is 10.1. The monoisotopic (exact) mass is 429 g/mol. The Hall–Kier alpha value is -4.13. The molecule has 0 spiro atoms. The van der Waals surface area contributed by atoms with Gasteiger partial charge in [0.1, 0.15) is 5.75 Å². The first-order valence-corrected chi connectivity index (χ1v) is 10.0. The van der Waals surface area contributed by atoms with Crippen LogP contribution in [0.25, 0.3) is 10.9 Å². The Morgan fingerprint density at radius 3 is 2.47 bits per heavy atom. The lowest BCUT2D eigenvalue weighted by Crippen LogP contribution is -2.14. The quantitative estimate of drug-likeness (QED) is 0.447. The summed E-state index contributed by atoms with van der Waals surface area (Å²) < 4.78 is 16.4. The van der Waals surface area contributed by atoms with Crippen LogP contribution in [0.15, 0.2) is 60.8 Å². The molecular weight excluding hydrogens is 406 g/mol. The molecule has 2 aromatic heterocycles. The van der Waals surface area contributed by atoms with E-state index in [0.29, 0.717) is 34.3 Å². The standard InChI is InChI=1S/C25H23N3O4/c1-15-5-9-22(23(11-15)31-4)32-24-10-7-18(14-26-24)28-25(29)20-12-17-6-8-19(30-3)13-21(17)27-16(20)2/h5-14H,1-4H3,(H,28,29). The number of ether oxygens (including phenoxy) is 3. The first-order chi connectivity index (χ1) is 15.5. The highest BCUT2D eigenvalue weighted by molar-refractivity contribution is 6.06. The Balaban J connectivity index is 1.50. The van der Waals surface area contributed by atoms with Gasteiger partial charge in [0, 0.05) is 17.5 Å². The van der Waals surface area contributed by atoms with Crippen LogP contribution in [0, 0.1) is 13.8 Å². The summed E-state index contributed by atoms with van der Waals surface area (Å²) in [7, 11) is 3.20. The molecule has 7 heteroatoms. The average molecular weight is 429 g/mol. The molecule has 0 atom stereocenters. The lowest BCUT2D eigenvalue weighted by Gasteiger charge is -2.11. The number of rotatable bonds is 6. The van der Waals surface area contributed by atoms with E-state index in [4.69, 9.17) is 14.2 Å². The summed E-state index contributed by atoms with van der Waals surface area (Å²) in [5.41, 5.74) is 3.51. The highest BCUT2D eigenvalue weighted by Gasteiger charge is 2.13. The molecule has 0 saturated heterocycles. The molecule has 0 aliphatic carbocycles. The number of fused-ring (bicyclic) bond motifs is 1. The van der Waals surface area contributed by atoms with Gasteiger partial charge in [-0.05, 0) is 55.8 Å². The van der Waals surface area contributed by atoms with E-state index in [1.54, 1.807) is 39.5 Å². The van der Waals surface area contributed by atoms with Crippen molar-refractivity contribution in [2.24, 2.45) is 0 Å². The smallest absolute Gasteiger partial charge is 0.257 e. The third-order valence-corrected chi connectivity index (χ3v) is 4.99. The van der Waals surface area contributed by atoms with E-state index in [9.17, 15) is 4.79 Å². The molecule has 1 N–H and O–H groups in total. The maximum atomic E-state index is 12.8. The van der Waals surface area contributed by atoms with Gasteiger partial charge in [-0.2, -0.15) is 0 Å². The SMILES string of the molecule is COc1ccc2cc(C(=O)Nc3ccc(Oc4ccc(C)cc4OC)nc3)c(C)nc2c1. The van der Waals surface area contributed by atoms with Gasteiger partial charge in [0.05, 0.1) is 42.9 Å². The second-order valence-electron chi connectivity index (χ2n) is 7.28. The van der Waals surface area contributed by atoms with Gasteiger partial charge in [-0.3, -0.25) is 9.78 Å². The molecule has 2 heterocycles. The van der Waals surface area contributed by atoms with E-state index < -0.39 is 0 Å². The molecule has 0 unspecified atom stereocenters. The summed E-state index contributed by atoms with van der Waals surface area (Å²) in [5.74, 6) is 2.04. The van der Waals surface area contributed by atoms with E-state index in [2.05, 4.69) is 15.3 Å². The number of carbonyl (C=O) groups is 1. The van der Waals surface area contributed by atoms with Crippen LogP contribution in [0.3, 0.4) is 0 Å². The molecule has 0 saturated carbocycles. The zero-order chi connectivity index (χ0) is 22.7. The van der Waals surface area contributed by atoms with Gasteiger partial charge in [-0.15, -0.1) is 0 Å². The van der Waals surface area contributed by atoms with Crippen LogP contribution in [-0.2, 0) is 0 Å². The molecule has 2 aromatic carbocycles. The van der Waals surface area contributed by atoms with Crippen molar-refractivity contribution in [2.75, 3.05) is 19.5 Å². The molecule has 0 aliphatic rings. The van der Waals surface area contributed by atoms with Crippen LogP contribution in [-0.4, -0.2) is 30.1 Å². The summed E-state index contributed by atoms with van der Waals surface area (Å²) in [6.45, 7) is 3.78. The van der Waals surface area contributed by atoms with Gasteiger partial charge < -0.3 is 19.5 Å². The van der Waals surface area contributed by atoms with Gasteiger partial charge in [0.15, 0.2) is 11.5 Å². The number of carbonyl (C=O) groups excluding carboxylic acids is 1. The predicted molar refractivity (Wildman–Crippen MR) is 123 cm³/mol. The van der Waals surface area contributed by atoms with Crippen molar-refractivity contribution in [1.29, 1.82) is 0 Å². The third-order valence-electron chi connectivity index (χ3n) is 4.99. The van der Waals surface area contributed by atoms with E-state index in [1.807, 2.05) is 49.4 Å². The minimum Gasteiger partial charge on any atom is -0.497 e. The van der Waals surface area contributed by atoms with Gasteiger partial charge in [-0.1, -0.05) is 6.07 Å². The zero-order valence-corrected chi connectivity index (χ0v) is 18.3. The number of nitrogens with zero attached hydrogens (tertiary/aromatic N) is 2. The average Bonchev–Trinajstić information content (AvgIpc) is 2.80. The van der Waals surface area contributed by atoms with Gasteiger partial charge in [0.2, 0.25) is 5.88 Å². The summed E-state index contributed by atoms with van der Waals surface area (Å²) in [6, 6.07) is 16.5. The van der Waals surface area contributed by atoms with Crippen LogP contribution >= 0.6 is 0 Å². The number of anilines is 1. The molecule has 0 aliphatic heterocycles. The van der Waals surface area contributed by atoms with Crippen molar-refractivity contribution in [3.63, 3.8) is 0 Å². The number of nitrogens with one attached hydrogen (secondary N) is 1. The molecule has 4 rings (SSSR count). The van der Waals surface area contributed by atoms with Gasteiger partial charge in [-0.25, -0.2) is 4.98 Å². The molecule has 0 bridgehead atoms. The van der Waals surface area contributed by atoms with E-state index in [0.717, 1.165) is 22.2 Å². The molecule has 0 radical (unpaired) electrons. The Kier molecular flexibility index (Phi) is 5.89. The molecule has 162 valence electrons. The zero-order valence-electron chi connectivity index (χ0n) is 18.3. The van der Waals surface area contributed by atoms with Crippen molar-refractivity contribution in [3.05, 3.63) is 77.6 Å². The third kappa shape index (κ3) is 4.46. The topological polar surface area (TPSA) is 82.6 Å². The first-order valence-electron chi connectivity index (χ1n) is 10.0. The van der Waals surface area contributed by atoms with Gasteiger partial charge in [0.25, 0.3) is 5.91 Å². The minimum absolute atomic E-state index is 0.261. The van der Waals surface area contributed by atoms with Crippen LogP contribution in [0.2, 0.25) is 0 Å². The van der Waals surface area contributed by atoms with Crippen LogP contribution in [0.5, 0.6) is 23.1 Å². The highest BCUT2D eigenvalue weighted by Crippen LogP contribution is 2.31. The molecule has 32 heavy (non-hydrogen) atoms. The Morgan fingerprint density at radius 1 is 0.906 bits per heavy atom. The van der Waals surface area contributed by atoms with Crippen molar-refractivity contribution in [3.8, 4) is 23.1 Å². The number of methoxy groups -OCH3 is 2. The Labute approximate surface area is 186 Å². The Bertz CT molecular complexity index is 1290. The predicted octanol–water partition coefficient (Wildman–Crippen LogP) is 5.31. The van der Waals surface area contributed by atoms with Crippen molar-refractivity contribution < 1.29 is 19.0 Å². The molecule has 4 aromatic rings. The largest absolute Gasteiger partial charge is 0.497 e. The van der Waals surface area contributed by atoms with Crippen molar-refractivity contribution in [1.82, 2.24) is 9.97 Å².